The van der Waals surface area contributed by atoms with Crippen LogP contribution < -0.4 is 15.1 Å². The van der Waals surface area contributed by atoms with E-state index in [2.05, 4.69) is 15.2 Å². The zero-order valence-electron chi connectivity index (χ0n) is 20.0. The van der Waals surface area contributed by atoms with Gasteiger partial charge in [0.2, 0.25) is 6.41 Å². The van der Waals surface area contributed by atoms with Gasteiger partial charge in [-0.1, -0.05) is 0 Å². The standard InChI is InChI=1S/C22H34F2N6O3/c1-21(2,3)33-20(32)30-9-7-17(22(23,24)14-30)28-10-12-29(13-11-28)19-18(27(4)5)16(26-15-31)6-8-25-19/h6,8,15,17H,7,9-14H2,1-5H3,(H,25,26,31). The molecule has 2 saturated heterocycles. The van der Waals surface area contributed by atoms with Crippen molar-refractivity contribution in [3.63, 3.8) is 0 Å². The average molecular weight is 469 g/mol. The van der Waals surface area contributed by atoms with Crippen LogP contribution in [0.15, 0.2) is 12.3 Å². The van der Waals surface area contributed by atoms with Crippen molar-refractivity contribution in [2.75, 3.05) is 68.5 Å². The summed E-state index contributed by atoms with van der Waals surface area (Å²) in [6, 6.07) is 0.797. The Hall–Kier alpha value is -2.69. The fraction of sp³-hybridized carbons (Fsp3) is 0.682. The molecule has 1 atom stereocenters. The zero-order chi connectivity index (χ0) is 24.4. The SMILES string of the molecule is CN(C)c1c(NC=O)ccnc1N1CCN(C2CCN(C(=O)OC(C)(C)C)CC2(F)F)CC1. The number of piperidine rings is 1. The highest BCUT2D eigenvalue weighted by atomic mass is 19.3. The Morgan fingerprint density at radius 3 is 2.45 bits per heavy atom. The summed E-state index contributed by atoms with van der Waals surface area (Å²) in [5.41, 5.74) is 0.690. The van der Waals surface area contributed by atoms with E-state index in [4.69, 9.17) is 4.74 Å². The summed E-state index contributed by atoms with van der Waals surface area (Å²) in [7, 11) is 3.73. The highest BCUT2D eigenvalue weighted by Gasteiger charge is 2.49. The molecule has 1 unspecified atom stereocenters. The minimum Gasteiger partial charge on any atom is -0.444 e. The van der Waals surface area contributed by atoms with Gasteiger partial charge in [0.15, 0.2) is 5.82 Å². The van der Waals surface area contributed by atoms with Crippen LogP contribution in [0, 0.1) is 0 Å². The predicted molar refractivity (Wildman–Crippen MR) is 123 cm³/mol. The number of carbonyl (C=O) groups excluding carboxylic acids is 2. The van der Waals surface area contributed by atoms with E-state index in [9.17, 15) is 9.59 Å². The Kier molecular flexibility index (Phi) is 7.30. The van der Waals surface area contributed by atoms with Crippen LogP contribution >= 0.6 is 0 Å². The van der Waals surface area contributed by atoms with Crippen molar-refractivity contribution in [3.8, 4) is 0 Å². The van der Waals surface area contributed by atoms with Crippen LogP contribution in [-0.2, 0) is 9.53 Å². The van der Waals surface area contributed by atoms with Gasteiger partial charge in [-0.05, 0) is 33.3 Å². The number of rotatable bonds is 5. The fourth-order valence-electron chi connectivity index (χ4n) is 4.40. The Labute approximate surface area is 193 Å². The van der Waals surface area contributed by atoms with E-state index >= 15 is 8.78 Å². The molecule has 0 radical (unpaired) electrons. The lowest BCUT2D eigenvalue weighted by Gasteiger charge is -2.46. The number of hydrogen-bond donors (Lipinski definition) is 1. The molecule has 3 rings (SSSR count). The maximum atomic E-state index is 15.1. The molecule has 2 amide bonds. The lowest BCUT2D eigenvalue weighted by molar-refractivity contribution is -0.126. The maximum Gasteiger partial charge on any atom is 0.410 e. The second-order valence-electron chi connectivity index (χ2n) is 9.68. The summed E-state index contributed by atoms with van der Waals surface area (Å²) >= 11 is 0. The highest BCUT2D eigenvalue weighted by Crippen LogP contribution is 2.36. The van der Waals surface area contributed by atoms with Gasteiger partial charge in [0, 0.05) is 53.0 Å². The summed E-state index contributed by atoms with van der Waals surface area (Å²) in [4.78, 5) is 34.6. The van der Waals surface area contributed by atoms with E-state index in [0.717, 1.165) is 10.6 Å². The third-order valence-corrected chi connectivity index (χ3v) is 5.83. The summed E-state index contributed by atoms with van der Waals surface area (Å²) < 4.78 is 35.4. The number of piperazine rings is 1. The first kappa shape index (κ1) is 24.9. The van der Waals surface area contributed by atoms with Gasteiger partial charge in [0.1, 0.15) is 11.3 Å². The van der Waals surface area contributed by atoms with Crippen molar-refractivity contribution in [2.45, 2.75) is 44.8 Å². The van der Waals surface area contributed by atoms with Crippen LogP contribution in [0.25, 0.3) is 0 Å². The van der Waals surface area contributed by atoms with Crippen molar-refractivity contribution in [3.05, 3.63) is 12.3 Å². The van der Waals surface area contributed by atoms with Crippen molar-refractivity contribution in [2.24, 2.45) is 0 Å². The molecule has 0 saturated carbocycles. The summed E-state index contributed by atoms with van der Waals surface area (Å²) in [5, 5.41) is 2.69. The van der Waals surface area contributed by atoms with Gasteiger partial charge in [0.05, 0.1) is 18.3 Å². The molecule has 33 heavy (non-hydrogen) atoms. The van der Waals surface area contributed by atoms with Gasteiger partial charge in [-0.2, -0.15) is 0 Å². The summed E-state index contributed by atoms with van der Waals surface area (Å²) in [6.45, 7) is 6.71. The first-order valence-electron chi connectivity index (χ1n) is 11.1. The molecule has 2 aliphatic rings. The van der Waals surface area contributed by atoms with Gasteiger partial charge in [-0.25, -0.2) is 18.6 Å². The quantitative estimate of drug-likeness (QED) is 0.665. The van der Waals surface area contributed by atoms with E-state index in [1.165, 1.54) is 0 Å². The van der Waals surface area contributed by atoms with Crippen LogP contribution in [0.4, 0.5) is 30.8 Å². The Morgan fingerprint density at radius 2 is 1.91 bits per heavy atom. The van der Waals surface area contributed by atoms with Gasteiger partial charge in [-0.15, -0.1) is 0 Å². The lowest BCUT2D eigenvalue weighted by atomic mass is 9.98. The number of ether oxygens (including phenoxy) is 1. The molecule has 2 aliphatic heterocycles. The molecule has 1 aromatic rings. The molecule has 11 heteroatoms. The number of alkyl halides is 2. The van der Waals surface area contributed by atoms with Gasteiger partial charge in [-0.3, -0.25) is 9.69 Å². The zero-order valence-corrected chi connectivity index (χ0v) is 20.0. The molecule has 1 aromatic heterocycles. The van der Waals surface area contributed by atoms with Crippen LogP contribution in [0.3, 0.4) is 0 Å². The third kappa shape index (κ3) is 5.82. The van der Waals surface area contributed by atoms with Gasteiger partial charge >= 0.3 is 6.09 Å². The molecular formula is C22H34F2N6O3. The number of carbonyl (C=O) groups is 2. The molecule has 3 heterocycles. The number of pyridine rings is 1. The number of halogens is 2. The van der Waals surface area contributed by atoms with E-state index in [1.54, 1.807) is 33.0 Å². The molecule has 0 aliphatic carbocycles. The third-order valence-electron chi connectivity index (χ3n) is 5.83. The van der Waals surface area contributed by atoms with Crippen LogP contribution in [0.1, 0.15) is 27.2 Å². The normalized spacial score (nSPS) is 21.5. The summed E-state index contributed by atoms with van der Waals surface area (Å²) in [5.74, 6) is -2.32. The van der Waals surface area contributed by atoms with Crippen LogP contribution in [-0.4, -0.2) is 98.2 Å². The molecule has 0 bridgehead atoms. The minimum absolute atomic E-state index is 0.187. The summed E-state index contributed by atoms with van der Waals surface area (Å²) in [6.07, 6.45) is 1.74. The smallest absolute Gasteiger partial charge is 0.410 e. The molecule has 0 aromatic carbocycles. The monoisotopic (exact) mass is 468 g/mol. The number of hydrogen-bond acceptors (Lipinski definition) is 7. The number of nitrogens with one attached hydrogen (secondary N) is 1. The topological polar surface area (TPSA) is 81.3 Å². The van der Waals surface area contributed by atoms with E-state index in [1.807, 2.05) is 23.9 Å². The average Bonchev–Trinajstić information content (AvgIpc) is 2.72. The highest BCUT2D eigenvalue weighted by molar-refractivity contribution is 5.87. The minimum atomic E-state index is -3.03. The van der Waals surface area contributed by atoms with Crippen LogP contribution in [0.5, 0.6) is 0 Å². The van der Waals surface area contributed by atoms with Crippen molar-refractivity contribution in [1.29, 1.82) is 0 Å². The first-order chi connectivity index (χ1) is 15.4. The second-order valence-corrected chi connectivity index (χ2v) is 9.68. The largest absolute Gasteiger partial charge is 0.444 e. The van der Waals surface area contributed by atoms with Crippen molar-refractivity contribution in [1.82, 2.24) is 14.8 Å². The van der Waals surface area contributed by atoms with Crippen LogP contribution in [0.2, 0.25) is 0 Å². The molecule has 9 nitrogen and oxygen atoms in total. The number of likely N-dealkylation sites (tertiary alicyclic amines) is 1. The molecule has 2 fully saturated rings. The second kappa shape index (κ2) is 9.66. The first-order valence-corrected chi connectivity index (χ1v) is 11.1. The predicted octanol–water partition coefficient (Wildman–Crippen LogP) is 2.48. The van der Waals surface area contributed by atoms with E-state index < -0.39 is 30.2 Å². The van der Waals surface area contributed by atoms with E-state index in [-0.39, 0.29) is 13.0 Å². The van der Waals surface area contributed by atoms with Crippen molar-refractivity contribution < 1.29 is 23.1 Å². The molecule has 1 N–H and O–H groups in total. The number of nitrogens with zero attached hydrogens (tertiary/aromatic N) is 5. The van der Waals surface area contributed by atoms with Gasteiger partial charge < -0.3 is 24.8 Å². The lowest BCUT2D eigenvalue weighted by Crippen LogP contribution is -2.62. The van der Waals surface area contributed by atoms with Crippen molar-refractivity contribution >= 4 is 29.7 Å². The van der Waals surface area contributed by atoms with Gasteiger partial charge in [0.25, 0.3) is 5.92 Å². The number of aromatic nitrogens is 1. The fourth-order valence-corrected chi connectivity index (χ4v) is 4.40. The Bertz CT molecular complexity index is 853. The Morgan fingerprint density at radius 1 is 1.24 bits per heavy atom. The number of amides is 2. The molecule has 0 spiro atoms. The molecule has 184 valence electrons. The van der Waals surface area contributed by atoms with E-state index in [0.29, 0.717) is 44.1 Å². The maximum absolute atomic E-state index is 15.1. The Balaban J connectivity index is 1.65. The molecular weight excluding hydrogens is 434 g/mol. The number of anilines is 3.